The summed E-state index contributed by atoms with van der Waals surface area (Å²) in [6, 6.07) is 6.10. The molecule has 1 aliphatic heterocycles. The topological polar surface area (TPSA) is 69.9 Å². The van der Waals surface area contributed by atoms with Crippen LogP contribution in [0, 0.1) is 0 Å². The molecule has 0 aliphatic carbocycles. The van der Waals surface area contributed by atoms with E-state index in [1.807, 2.05) is 13.8 Å². The monoisotopic (exact) mass is 269 g/mol. The molecule has 100 valence electrons. The Kier molecular flexibility index (Phi) is 7.12. The fourth-order valence-electron chi connectivity index (χ4n) is 1.30. The maximum Gasteiger partial charge on any atom is 0.329 e. The van der Waals surface area contributed by atoms with Crippen LogP contribution in [0.15, 0.2) is 29.3 Å². The van der Waals surface area contributed by atoms with Gasteiger partial charge in [0.15, 0.2) is 6.04 Å². The van der Waals surface area contributed by atoms with Crippen molar-refractivity contribution in [3.8, 4) is 5.75 Å². The molecule has 1 aromatic rings. The van der Waals surface area contributed by atoms with Crippen LogP contribution in [0.4, 0.5) is 0 Å². The zero-order valence-electron chi connectivity index (χ0n) is 9.75. The Morgan fingerprint density at radius 2 is 2.00 bits per heavy atom. The molecule has 18 heavy (non-hydrogen) atoms. The molecule has 0 spiro atoms. The van der Waals surface area contributed by atoms with E-state index in [1.165, 1.54) is 11.8 Å². The first-order chi connectivity index (χ1) is 8.18. The molecule has 0 amide bonds. The van der Waals surface area contributed by atoms with E-state index in [1.54, 1.807) is 24.3 Å². The van der Waals surface area contributed by atoms with E-state index < -0.39 is 12.0 Å². The zero-order chi connectivity index (χ0) is 12.8. The lowest BCUT2D eigenvalue weighted by Crippen LogP contribution is -2.17. The fourth-order valence-corrected chi connectivity index (χ4v) is 2.36. The number of phenols is 1. The number of aliphatic carboxylic acids is 1. The van der Waals surface area contributed by atoms with Gasteiger partial charge in [-0.25, -0.2) is 4.79 Å². The number of benzene rings is 1. The minimum Gasteiger partial charge on any atom is -0.507 e. The third kappa shape index (κ3) is 3.77. The van der Waals surface area contributed by atoms with Crippen molar-refractivity contribution in [3.05, 3.63) is 29.8 Å². The Bertz CT molecular complexity index is 432. The summed E-state index contributed by atoms with van der Waals surface area (Å²) in [6.45, 7) is 4.00. The van der Waals surface area contributed by atoms with Gasteiger partial charge in [0.2, 0.25) is 0 Å². The summed E-state index contributed by atoms with van der Waals surface area (Å²) in [4.78, 5) is 14.7. The van der Waals surface area contributed by atoms with Crippen LogP contribution in [0.2, 0.25) is 0 Å². The third-order valence-corrected chi connectivity index (χ3v) is 3.15. The van der Waals surface area contributed by atoms with E-state index in [9.17, 15) is 9.90 Å². The number of hydrogen-bond donors (Lipinski definition) is 2. The molecule has 2 N–H and O–H groups in total. The molecule has 0 fully saturated rings. The van der Waals surface area contributed by atoms with Crippen LogP contribution in [0.1, 0.15) is 26.8 Å². The lowest BCUT2D eigenvalue weighted by atomic mass is 10.2. The maximum atomic E-state index is 10.7. The van der Waals surface area contributed by atoms with Crippen molar-refractivity contribution in [1.82, 2.24) is 0 Å². The predicted molar refractivity (Wildman–Crippen MR) is 76.6 cm³/mol. The van der Waals surface area contributed by atoms with Crippen molar-refractivity contribution < 1.29 is 15.0 Å². The number of aliphatic imine (C=N–C) groups is 1. The van der Waals surface area contributed by atoms with E-state index in [0.29, 0.717) is 16.4 Å². The van der Waals surface area contributed by atoms with Crippen molar-refractivity contribution in [2.24, 2.45) is 4.99 Å². The molecular formula is C13H19NO3S. The van der Waals surface area contributed by atoms with Gasteiger partial charge in [-0.15, -0.1) is 11.8 Å². The van der Waals surface area contributed by atoms with E-state index in [2.05, 4.69) is 4.99 Å². The standard InChI is InChI=1S/C10H9NO3S.C2H6.CH4/c12-8-4-2-1-3-6(8)9-11-7(5-15-9)10(13)14;1-2;/h1-4,7,12H,5H2,(H,13,14);1-2H3;1H4. The summed E-state index contributed by atoms with van der Waals surface area (Å²) in [6.07, 6.45) is 0. The number of carboxylic acids is 1. The average molecular weight is 269 g/mol. The number of para-hydroxylation sites is 1. The number of aromatic hydroxyl groups is 1. The summed E-state index contributed by atoms with van der Waals surface area (Å²) in [5, 5.41) is 18.9. The number of phenolic OH excluding ortho intramolecular Hbond substituents is 1. The molecule has 0 saturated carbocycles. The smallest absolute Gasteiger partial charge is 0.329 e. The van der Waals surface area contributed by atoms with Gasteiger partial charge < -0.3 is 10.2 Å². The number of nitrogens with zero attached hydrogens (tertiary/aromatic N) is 1. The zero-order valence-corrected chi connectivity index (χ0v) is 10.6. The van der Waals surface area contributed by atoms with Gasteiger partial charge in [-0.1, -0.05) is 33.4 Å². The van der Waals surface area contributed by atoms with Crippen LogP contribution < -0.4 is 0 Å². The molecule has 1 aromatic carbocycles. The van der Waals surface area contributed by atoms with Gasteiger partial charge in [0.1, 0.15) is 10.8 Å². The van der Waals surface area contributed by atoms with Crippen molar-refractivity contribution in [3.63, 3.8) is 0 Å². The Hall–Kier alpha value is -1.49. The molecule has 5 heteroatoms. The maximum absolute atomic E-state index is 10.7. The largest absolute Gasteiger partial charge is 0.507 e. The molecule has 1 unspecified atom stereocenters. The summed E-state index contributed by atoms with van der Waals surface area (Å²) in [5.74, 6) is -0.360. The Labute approximate surface area is 112 Å². The summed E-state index contributed by atoms with van der Waals surface area (Å²) >= 11 is 1.36. The SMILES string of the molecule is C.CC.O=C(O)C1CSC(c2ccccc2O)=N1. The van der Waals surface area contributed by atoms with E-state index >= 15 is 0 Å². The Morgan fingerprint density at radius 3 is 2.50 bits per heavy atom. The highest BCUT2D eigenvalue weighted by Crippen LogP contribution is 2.28. The van der Waals surface area contributed by atoms with Crippen LogP contribution in [0.5, 0.6) is 5.75 Å². The number of carbonyl (C=O) groups is 1. The minimum absolute atomic E-state index is 0. The highest BCUT2D eigenvalue weighted by atomic mass is 32.2. The van der Waals surface area contributed by atoms with Crippen molar-refractivity contribution in [2.45, 2.75) is 27.3 Å². The minimum atomic E-state index is -0.923. The highest BCUT2D eigenvalue weighted by Gasteiger charge is 2.26. The fraction of sp³-hybridized carbons (Fsp3) is 0.385. The first-order valence-corrected chi connectivity index (χ1v) is 6.39. The van der Waals surface area contributed by atoms with E-state index in [0.717, 1.165) is 0 Å². The van der Waals surface area contributed by atoms with Crippen LogP contribution in [0.3, 0.4) is 0 Å². The molecule has 0 aromatic heterocycles. The van der Waals surface area contributed by atoms with Gasteiger partial charge in [-0.2, -0.15) is 0 Å². The summed E-state index contributed by atoms with van der Waals surface area (Å²) in [7, 11) is 0. The lowest BCUT2D eigenvalue weighted by Gasteiger charge is -2.01. The van der Waals surface area contributed by atoms with Crippen molar-refractivity contribution >= 4 is 22.8 Å². The average Bonchev–Trinajstić information content (AvgIpc) is 2.82. The van der Waals surface area contributed by atoms with Gasteiger partial charge in [0.05, 0.1) is 0 Å². The lowest BCUT2D eigenvalue weighted by molar-refractivity contribution is -0.137. The summed E-state index contributed by atoms with van der Waals surface area (Å²) < 4.78 is 0. The van der Waals surface area contributed by atoms with Crippen LogP contribution >= 0.6 is 11.8 Å². The molecule has 1 aliphatic rings. The van der Waals surface area contributed by atoms with E-state index in [-0.39, 0.29) is 13.2 Å². The summed E-state index contributed by atoms with van der Waals surface area (Å²) in [5.41, 5.74) is 0.603. The van der Waals surface area contributed by atoms with Crippen molar-refractivity contribution in [1.29, 1.82) is 0 Å². The number of hydrogen-bond acceptors (Lipinski definition) is 4. The van der Waals surface area contributed by atoms with Gasteiger partial charge in [0.25, 0.3) is 0 Å². The molecule has 0 radical (unpaired) electrons. The predicted octanol–water partition coefficient (Wildman–Crippen LogP) is 3.00. The molecule has 2 rings (SSSR count). The van der Waals surface area contributed by atoms with Crippen LogP contribution in [-0.2, 0) is 4.79 Å². The third-order valence-electron chi connectivity index (χ3n) is 2.07. The van der Waals surface area contributed by atoms with Crippen molar-refractivity contribution in [2.75, 3.05) is 5.75 Å². The molecule has 0 bridgehead atoms. The number of carboxylic acid groups (broad SMARTS) is 1. The van der Waals surface area contributed by atoms with E-state index in [4.69, 9.17) is 5.11 Å². The normalized spacial score (nSPS) is 17.0. The molecular weight excluding hydrogens is 250 g/mol. The number of thioether (sulfide) groups is 1. The second-order valence-corrected chi connectivity index (χ2v) is 4.13. The molecule has 1 heterocycles. The van der Waals surface area contributed by atoms with Gasteiger partial charge in [-0.3, -0.25) is 4.99 Å². The number of rotatable bonds is 2. The van der Waals surface area contributed by atoms with Gasteiger partial charge in [-0.05, 0) is 12.1 Å². The second kappa shape index (κ2) is 7.76. The molecule has 0 saturated heterocycles. The molecule has 4 nitrogen and oxygen atoms in total. The molecule has 1 atom stereocenters. The van der Waals surface area contributed by atoms with Crippen LogP contribution in [0.25, 0.3) is 0 Å². The van der Waals surface area contributed by atoms with Crippen LogP contribution in [-0.4, -0.2) is 33.0 Å². The first-order valence-electron chi connectivity index (χ1n) is 5.40. The second-order valence-electron chi connectivity index (χ2n) is 3.12. The van der Waals surface area contributed by atoms with Gasteiger partial charge in [0, 0.05) is 11.3 Å². The highest BCUT2D eigenvalue weighted by molar-refractivity contribution is 8.14. The Morgan fingerprint density at radius 1 is 1.39 bits per heavy atom. The van der Waals surface area contributed by atoms with Gasteiger partial charge >= 0.3 is 5.97 Å². The first kappa shape index (κ1) is 16.5. The Balaban J connectivity index is 0.000000917. The quantitative estimate of drug-likeness (QED) is 0.866.